The Balaban J connectivity index is 1.99. The van der Waals surface area contributed by atoms with Gasteiger partial charge in [-0.2, -0.15) is 0 Å². The molecule has 0 fully saturated rings. The van der Waals surface area contributed by atoms with Crippen LogP contribution in [-0.2, 0) is 4.74 Å². The number of nitrogens with zero attached hydrogens (tertiary/aromatic N) is 1. The minimum atomic E-state index is -0.484. The van der Waals surface area contributed by atoms with Crippen molar-refractivity contribution in [1.29, 1.82) is 0 Å². The standard InChI is InChI=1S/C26H23ClN2O3/c1-5-32-26(31)23-13-19-10-11-28-25(30)24(19)29(23)22-14-20(12-15(2)16(22)3)17(4)18-6-8-21(27)9-7-18/h6-14H,4-5H2,1-3H3,(H,28,30). The monoisotopic (exact) mass is 446 g/mol. The lowest BCUT2D eigenvalue weighted by Gasteiger charge is -2.17. The summed E-state index contributed by atoms with van der Waals surface area (Å²) in [5.41, 5.74) is 5.73. The fourth-order valence-corrected chi connectivity index (χ4v) is 3.96. The van der Waals surface area contributed by atoms with Gasteiger partial charge in [0.1, 0.15) is 11.2 Å². The molecule has 0 bridgehead atoms. The number of benzene rings is 2. The first-order valence-electron chi connectivity index (χ1n) is 10.3. The average Bonchev–Trinajstić information content (AvgIpc) is 3.17. The molecule has 1 N–H and O–H groups in total. The van der Waals surface area contributed by atoms with E-state index >= 15 is 0 Å². The molecular weight excluding hydrogens is 424 g/mol. The second-order valence-electron chi connectivity index (χ2n) is 7.62. The van der Waals surface area contributed by atoms with Crippen LogP contribution in [0.25, 0.3) is 22.2 Å². The zero-order chi connectivity index (χ0) is 23.0. The van der Waals surface area contributed by atoms with Gasteiger partial charge in [0, 0.05) is 16.6 Å². The van der Waals surface area contributed by atoms with Gasteiger partial charge in [-0.15, -0.1) is 0 Å². The van der Waals surface area contributed by atoms with Crippen molar-refractivity contribution in [2.45, 2.75) is 20.8 Å². The molecule has 0 aliphatic carbocycles. The molecule has 0 unspecified atom stereocenters. The molecule has 0 saturated heterocycles. The van der Waals surface area contributed by atoms with Crippen LogP contribution in [0.1, 0.15) is 39.7 Å². The first-order chi connectivity index (χ1) is 15.3. The molecule has 6 heteroatoms. The predicted octanol–water partition coefficient (Wildman–Crippen LogP) is 5.83. The topological polar surface area (TPSA) is 64.1 Å². The first-order valence-corrected chi connectivity index (χ1v) is 10.7. The van der Waals surface area contributed by atoms with Gasteiger partial charge in [-0.25, -0.2) is 4.79 Å². The molecule has 0 atom stereocenters. The van der Waals surface area contributed by atoms with Crippen molar-refractivity contribution in [2.24, 2.45) is 0 Å². The average molecular weight is 447 g/mol. The molecule has 0 saturated carbocycles. The Kier molecular flexibility index (Phi) is 5.76. The fraction of sp³-hybridized carbons (Fsp3) is 0.154. The van der Waals surface area contributed by atoms with E-state index in [2.05, 4.69) is 17.6 Å². The van der Waals surface area contributed by atoms with Gasteiger partial charge in [-0.05, 0) is 78.9 Å². The molecule has 2 aromatic carbocycles. The Morgan fingerprint density at radius 3 is 2.50 bits per heavy atom. The number of carbonyl (C=O) groups excluding carboxylic acids is 1. The number of pyridine rings is 1. The highest BCUT2D eigenvalue weighted by atomic mass is 35.5. The van der Waals surface area contributed by atoms with Crippen molar-refractivity contribution < 1.29 is 9.53 Å². The SMILES string of the molecule is C=C(c1ccc(Cl)cc1)c1cc(C)c(C)c(-n2c(C(=O)OCC)cc3cc[nH]c(=O)c32)c1. The third-order valence-corrected chi connectivity index (χ3v) is 5.88. The molecule has 5 nitrogen and oxygen atoms in total. The number of aryl methyl sites for hydroxylation is 1. The number of halogens is 1. The zero-order valence-corrected chi connectivity index (χ0v) is 18.9. The summed E-state index contributed by atoms with van der Waals surface area (Å²) in [5.74, 6) is -0.484. The van der Waals surface area contributed by atoms with Crippen LogP contribution in [0.2, 0.25) is 5.02 Å². The molecule has 2 heterocycles. The molecule has 0 spiro atoms. The summed E-state index contributed by atoms with van der Waals surface area (Å²) in [5, 5.41) is 1.32. The van der Waals surface area contributed by atoms with E-state index in [1.807, 2.05) is 44.2 Å². The van der Waals surface area contributed by atoms with E-state index in [0.29, 0.717) is 21.6 Å². The smallest absolute Gasteiger partial charge is 0.355 e. The normalized spacial score (nSPS) is 11.0. The Morgan fingerprint density at radius 2 is 1.81 bits per heavy atom. The number of hydrogen-bond donors (Lipinski definition) is 1. The number of H-pyrrole nitrogens is 1. The number of aromatic amines is 1. The highest BCUT2D eigenvalue weighted by molar-refractivity contribution is 6.30. The number of ether oxygens (including phenoxy) is 1. The maximum atomic E-state index is 12.8. The van der Waals surface area contributed by atoms with E-state index in [0.717, 1.165) is 33.5 Å². The quantitative estimate of drug-likeness (QED) is 0.392. The number of nitrogens with one attached hydrogen (secondary N) is 1. The van der Waals surface area contributed by atoms with Crippen molar-refractivity contribution in [2.75, 3.05) is 6.61 Å². The second kappa shape index (κ2) is 8.52. The minimum absolute atomic E-state index is 0.238. The fourth-order valence-electron chi connectivity index (χ4n) is 3.84. The van der Waals surface area contributed by atoms with Crippen LogP contribution in [-0.4, -0.2) is 22.1 Å². The van der Waals surface area contributed by atoms with Gasteiger partial charge in [0.25, 0.3) is 5.56 Å². The Morgan fingerprint density at radius 1 is 1.09 bits per heavy atom. The molecule has 4 aromatic rings. The van der Waals surface area contributed by atoms with E-state index in [4.69, 9.17) is 16.3 Å². The summed E-state index contributed by atoms with van der Waals surface area (Å²) < 4.78 is 6.97. The van der Waals surface area contributed by atoms with Crippen molar-refractivity contribution in [3.8, 4) is 5.69 Å². The van der Waals surface area contributed by atoms with E-state index in [1.165, 1.54) is 0 Å². The zero-order valence-electron chi connectivity index (χ0n) is 18.2. The van der Waals surface area contributed by atoms with Crippen LogP contribution in [0.15, 0.2) is 66.1 Å². The summed E-state index contributed by atoms with van der Waals surface area (Å²) in [4.78, 5) is 28.3. The second-order valence-corrected chi connectivity index (χ2v) is 8.06. The summed E-state index contributed by atoms with van der Waals surface area (Å²) >= 11 is 6.03. The van der Waals surface area contributed by atoms with Crippen LogP contribution in [0, 0.1) is 13.8 Å². The number of hydrogen-bond acceptors (Lipinski definition) is 3. The summed E-state index contributed by atoms with van der Waals surface area (Å²) in [6, 6.07) is 14.9. The van der Waals surface area contributed by atoms with E-state index in [-0.39, 0.29) is 12.2 Å². The van der Waals surface area contributed by atoms with Gasteiger partial charge in [-0.1, -0.05) is 36.4 Å². The lowest BCUT2D eigenvalue weighted by molar-refractivity contribution is 0.0517. The van der Waals surface area contributed by atoms with Gasteiger partial charge in [-0.3, -0.25) is 9.36 Å². The number of rotatable bonds is 5. The first kappa shape index (κ1) is 21.7. The number of esters is 1. The van der Waals surface area contributed by atoms with E-state index in [1.54, 1.807) is 29.8 Å². The lowest BCUT2D eigenvalue weighted by Crippen LogP contribution is -2.16. The highest BCUT2D eigenvalue weighted by Crippen LogP contribution is 2.31. The Labute approximate surface area is 190 Å². The molecule has 0 aliphatic rings. The van der Waals surface area contributed by atoms with Gasteiger partial charge in [0.15, 0.2) is 0 Å². The summed E-state index contributed by atoms with van der Waals surface area (Å²) in [6.45, 7) is 10.2. The molecule has 2 aromatic heterocycles. The van der Waals surface area contributed by atoms with Crippen LogP contribution in [0.4, 0.5) is 0 Å². The third-order valence-electron chi connectivity index (χ3n) is 5.63. The minimum Gasteiger partial charge on any atom is -0.461 e. The number of fused-ring (bicyclic) bond motifs is 1. The lowest BCUT2D eigenvalue weighted by atomic mass is 9.95. The maximum Gasteiger partial charge on any atom is 0.355 e. The van der Waals surface area contributed by atoms with Crippen molar-refractivity contribution in [3.05, 3.63) is 105 Å². The van der Waals surface area contributed by atoms with Gasteiger partial charge in [0.05, 0.1) is 12.3 Å². The van der Waals surface area contributed by atoms with Crippen LogP contribution in [0.3, 0.4) is 0 Å². The Bertz CT molecular complexity index is 1410. The molecular formula is C26H23ClN2O3. The highest BCUT2D eigenvalue weighted by Gasteiger charge is 2.22. The van der Waals surface area contributed by atoms with E-state index in [9.17, 15) is 9.59 Å². The van der Waals surface area contributed by atoms with Gasteiger partial charge >= 0.3 is 5.97 Å². The molecule has 162 valence electrons. The van der Waals surface area contributed by atoms with E-state index < -0.39 is 5.97 Å². The number of aromatic nitrogens is 2. The third kappa shape index (κ3) is 3.76. The van der Waals surface area contributed by atoms with Crippen molar-refractivity contribution in [3.63, 3.8) is 0 Å². The van der Waals surface area contributed by atoms with Crippen LogP contribution < -0.4 is 5.56 Å². The van der Waals surface area contributed by atoms with Gasteiger partial charge in [0.2, 0.25) is 0 Å². The predicted molar refractivity (Wildman–Crippen MR) is 129 cm³/mol. The molecule has 4 rings (SSSR count). The number of carbonyl (C=O) groups is 1. The van der Waals surface area contributed by atoms with Crippen LogP contribution in [0.5, 0.6) is 0 Å². The maximum absolute atomic E-state index is 12.8. The summed E-state index contributed by atoms with van der Waals surface area (Å²) in [6.07, 6.45) is 1.57. The summed E-state index contributed by atoms with van der Waals surface area (Å²) in [7, 11) is 0. The molecule has 0 radical (unpaired) electrons. The van der Waals surface area contributed by atoms with Gasteiger partial charge < -0.3 is 9.72 Å². The molecule has 0 amide bonds. The molecule has 0 aliphatic heterocycles. The van der Waals surface area contributed by atoms with Crippen molar-refractivity contribution in [1.82, 2.24) is 9.55 Å². The Hall–Kier alpha value is -3.57. The van der Waals surface area contributed by atoms with Crippen molar-refractivity contribution >= 4 is 34.0 Å². The molecule has 32 heavy (non-hydrogen) atoms. The van der Waals surface area contributed by atoms with Crippen LogP contribution >= 0.6 is 11.6 Å². The largest absolute Gasteiger partial charge is 0.461 e.